The molecule has 1 atom stereocenters. The van der Waals surface area contributed by atoms with E-state index >= 15 is 0 Å². The fraction of sp³-hybridized carbons (Fsp3) is 0.778. The first kappa shape index (κ1) is 11.5. The molecule has 5 heteroatoms. The third-order valence-electron chi connectivity index (χ3n) is 2.33. The number of nitrogens with zero attached hydrogens (tertiary/aromatic N) is 2. The fourth-order valence-corrected chi connectivity index (χ4v) is 1.87. The lowest BCUT2D eigenvalue weighted by Gasteiger charge is -2.17. The SMILES string of the molecule is CN(C)C(=O)CCN1CCC(Br)C1=O. The second-order valence-electron chi connectivity index (χ2n) is 3.62. The summed E-state index contributed by atoms with van der Waals surface area (Å²) >= 11 is 3.29. The van der Waals surface area contributed by atoms with E-state index in [1.165, 1.54) is 0 Å². The van der Waals surface area contributed by atoms with Crippen molar-refractivity contribution in [2.75, 3.05) is 27.2 Å². The van der Waals surface area contributed by atoms with Crippen LogP contribution in [0.1, 0.15) is 12.8 Å². The van der Waals surface area contributed by atoms with Crippen molar-refractivity contribution in [2.45, 2.75) is 17.7 Å². The van der Waals surface area contributed by atoms with Gasteiger partial charge in [-0.2, -0.15) is 0 Å². The number of likely N-dealkylation sites (tertiary alicyclic amines) is 1. The summed E-state index contributed by atoms with van der Waals surface area (Å²) in [5, 5.41) is 0. The molecule has 80 valence electrons. The normalized spacial score (nSPS) is 21.5. The van der Waals surface area contributed by atoms with Crippen LogP contribution in [0.5, 0.6) is 0 Å². The molecule has 1 aliphatic rings. The van der Waals surface area contributed by atoms with Crippen molar-refractivity contribution in [3.8, 4) is 0 Å². The van der Waals surface area contributed by atoms with Gasteiger partial charge in [0, 0.05) is 33.6 Å². The first-order valence-electron chi connectivity index (χ1n) is 4.65. The molecule has 0 N–H and O–H groups in total. The molecule has 0 saturated carbocycles. The Bertz CT molecular complexity index is 243. The van der Waals surface area contributed by atoms with E-state index in [-0.39, 0.29) is 16.6 Å². The summed E-state index contributed by atoms with van der Waals surface area (Å²) < 4.78 is 0. The van der Waals surface area contributed by atoms with Crippen LogP contribution in [-0.2, 0) is 9.59 Å². The van der Waals surface area contributed by atoms with Gasteiger partial charge < -0.3 is 9.80 Å². The molecule has 0 aromatic carbocycles. The zero-order valence-corrected chi connectivity index (χ0v) is 10.1. The largest absolute Gasteiger partial charge is 0.349 e. The first-order chi connectivity index (χ1) is 6.52. The number of hydrogen-bond donors (Lipinski definition) is 0. The lowest BCUT2D eigenvalue weighted by Crippen LogP contribution is -2.32. The Morgan fingerprint density at radius 3 is 2.71 bits per heavy atom. The summed E-state index contributed by atoms with van der Waals surface area (Å²) in [5.74, 6) is 0.173. The molecule has 14 heavy (non-hydrogen) atoms. The smallest absolute Gasteiger partial charge is 0.236 e. The minimum Gasteiger partial charge on any atom is -0.349 e. The molecule has 1 saturated heterocycles. The summed E-state index contributed by atoms with van der Waals surface area (Å²) in [4.78, 5) is 25.9. The van der Waals surface area contributed by atoms with Crippen molar-refractivity contribution in [1.82, 2.24) is 9.80 Å². The van der Waals surface area contributed by atoms with Crippen molar-refractivity contribution < 1.29 is 9.59 Å². The molecular weight excluding hydrogens is 248 g/mol. The molecule has 0 spiro atoms. The zero-order chi connectivity index (χ0) is 10.7. The maximum atomic E-state index is 11.4. The predicted molar refractivity (Wildman–Crippen MR) is 57.2 cm³/mol. The highest BCUT2D eigenvalue weighted by atomic mass is 79.9. The number of carbonyl (C=O) groups is 2. The van der Waals surface area contributed by atoms with Crippen LogP contribution in [0.3, 0.4) is 0 Å². The summed E-state index contributed by atoms with van der Waals surface area (Å²) in [5.41, 5.74) is 0. The third kappa shape index (κ3) is 2.70. The lowest BCUT2D eigenvalue weighted by atomic mass is 10.3. The van der Waals surface area contributed by atoms with Gasteiger partial charge >= 0.3 is 0 Å². The Balaban J connectivity index is 2.32. The van der Waals surface area contributed by atoms with Crippen LogP contribution >= 0.6 is 15.9 Å². The molecule has 1 fully saturated rings. The third-order valence-corrected chi connectivity index (χ3v) is 3.18. The molecule has 0 aromatic heterocycles. The van der Waals surface area contributed by atoms with E-state index in [9.17, 15) is 9.59 Å². The van der Waals surface area contributed by atoms with Crippen molar-refractivity contribution in [1.29, 1.82) is 0 Å². The molecule has 4 nitrogen and oxygen atoms in total. The number of rotatable bonds is 3. The molecule has 1 rings (SSSR count). The standard InChI is InChI=1S/C9H15BrN2O2/c1-11(2)8(13)4-6-12-5-3-7(10)9(12)14/h7H,3-6H2,1-2H3. The summed E-state index contributed by atoms with van der Waals surface area (Å²) in [6.07, 6.45) is 1.26. The van der Waals surface area contributed by atoms with Gasteiger partial charge in [-0.1, -0.05) is 15.9 Å². The van der Waals surface area contributed by atoms with Crippen LogP contribution in [-0.4, -0.2) is 53.6 Å². The summed E-state index contributed by atoms with van der Waals surface area (Å²) in [6, 6.07) is 0. The van der Waals surface area contributed by atoms with Crippen molar-refractivity contribution in [3.05, 3.63) is 0 Å². The number of amides is 2. The first-order valence-corrected chi connectivity index (χ1v) is 5.57. The lowest BCUT2D eigenvalue weighted by molar-refractivity contribution is -0.130. The van der Waals surface area contributed by atoms with E-state index in [1.54, 1.807) is 23.9 Å². The van der Waals surface area contributed by atoms with Gasteiger partial charge in [0.1, 0.15) is 0 Å². The average Bonchev–Trinajstić information content (AvgIpc) is 2.44. The molecular formula is C9H15BrN2O2. The van der Waals surface area contributed by atoms with Gasteiger partial charge in [-0.25, -0.2) is 0 Å². The summed E-state index contributed by atoms with van der Waals surface area (Å²) in [6.45, 7) is 1.30. The van der Waals surface area contributed by atoms with Crippen LogP contribution in [0.25, 0.3) is 0 Å². The van der Waals surface area contributed by atoms with Crippen LogP contribution in [0.4, 0.5) is 0 Å². The van der Waals surface area contributed by atoms with E-state index in [4.69, 9.17) is 0 Å². The molecule has 1 unspecified atom stereocenters. The maximum Gasteiger partial charge on any atom is 0.236 e. The minimum atomic E-state index is -0.0445. The van der Waals surface area contributed by atoms with E-state index < -0.39 is 0 Å². The minimum absolute atomic E-state index is 0.0445. The van der Waals surface area contributed by atoms with Crippen LogP contribution in [0.15, 0.2) is 0 Å². The van der Waals surface area contributed by atoms with Crippen molar-refractivity contribution >= 4 is 27.7 Å². The Morgan fingerprint density at radius 2 is 2.29 bits per heavy atom. The van der Waals surface area contributed by atoms with Crippen molar-refractivity contribution in [2.24, 2.45) is 0 Å². The highest BCUT2D eigenvalue weighted by Crippen LogP contribution is 2.18. The second-order valence-corrected chi connectivity index (χ2v) is 4.72. The van der Waals surface area contributed by atoms with E-state index in [2.05, 4.69) is 15.9 Å². The second kappa shape index (κ2) is 4.77. The molecule has 0 radical (unpaired) electrons. The van der Waals surface area contributed by atoms with Gasteiger partial charge in [-0.15, -0.1) is 0 Å². The average molecular weight is 263 g/mol. The number of alkyl halides is 1. The van der Waals surface area contributed by atoms with E-state index in [0.717, 1.165) is 13.0 Å². The van der Waals surface area contributed by atoms with Gasteiger partial charge in [-0.3, -0.25) is 9.59 Å². The maximum absolute atomic E-state index is 11.4. The van der Waals surface area contributed by atoms with Crippen LogP contribution in [0, 0.1) is 0 Å². The van der Waals surface area contributed by atoms with Crippen LogP contribution in [0.2, 0.25) is 0 Å². The number of hydrogen-bond acceptors (Lipinski definition) is 2. The topological polar surface area (TPSA) is 40.6 Å². The molecule has 0 aromatic rings. The molecule has 0 bridgehead atoms. The Labute approximate surface area is 92.4 Å². The van der Waals surface area contributed by atoms with E-state index in [0.29, 0.717) is 13.0 Å². The monoisotopic (exact) mass is 262 g/mol. The fourth-order valence-electron chi connectivity index (χ4n) is 1.38. The number of halogens is 1. The summed E-state index contributed by atoms with van der Waals surface area (Å²) in [7, 11) is 3.45. The van der Waals surface area contributed by atoms with Gasteiger partial charge in [0.15, 0.2) is 0 Å². The van der Waals surface area contributed by atoms with Gasteiger partial charge in [0.05, 0.1) is 4.83 Å². The predicted octanol–water partition coefficient (Wildman–Crippen LogP) is 0.460. The highest BCUT2D eigenvalue weighted by molar-refractivity contribution is 9.10. The van der Waals surface area contributed by atoms with Gasteiger partial charge in [-0.05, 0) is 6.42 Å². The van der Waals surface area contributed by atoms with Gasteiger partial charge in [0.25, 0.3) is 0 Å². The Morgan fingerprint density at radius 1 is 1.64 bits per heavy atom. The Kier molecular flexibility index (Phi) is 3.92. The molecule has 1 heterocycles. The number of carbonyl (C=O) groups excluding carboxylic acids is 2. The molecule has 1 aliphatic heterocycles. The molecule has 0 aliphatic carbocycles. The molecule has 2 amide bonds. The zero-order valence-electron chi connectivity index (χ0n) is 8.49. The highest BCUT2D eigenvalue weighted by Gasteiger charge is 2.29. The Hall–Kier alpha value is -0.580. The van der Waals surface area contributed by atoms with E-state index in [1.807, 2.05) is 0 Å². The van der Waals surface area contributed by atoms with Gasteiger partial charge in [0.2, 0.25) is 11.8 Å². The van der Waals surface area contributed by atoms with Crippen LogP contribution < -0.4 is 0 Å². The van der Waals surface area contributed by atoms with Crippen molar-refractivity contribution in [3.63, 3.8) is 0 Å². The quantitative estimate of drug-likeness (QED) is 0.694.